The molecule has 1 aliphatic rings. The molecule has 0 bridgehead atoms. The van der Waals surface area contributed by atoms with Gasteiger partial charge in [0.25, 0.3) is 5.91 Å². The molecule has 0 spiro atoms. The summed E-state index contributed by atoms with van der Waals surface area (Å²) in [5, 5.41) is 7.69. The van der Waals surface area contributed by atoms with Crippen LogP contribution in [0.4, 0.5) is 0 Å². The molecular weight excluding hydrogens is 286 g/mol. The van der Waals surface area contributed by atoms with Crippen LogP contribution in [0.5, 0.6) is 0 Å². The van der Waals surface area contributed by atoms with Gasteiger partial charge in [0.05, 0.1) is 18.3 Å². The number of amides is 1. The molecule has 0 aliphatic carbocycles. The predicted octanol–water partition coefficient (Wildman–Crippen LogP) is 3.07. The zero-order valence-corrected chi connectivity index (χ0v) is 12.9. The molecule has 0 fully saturated rings. The molecule has 0 saturated heterocycles. The Kier molecular flexibility index (Phi) is 3.23. The average Bonchev–Trinajstić information content (AvgIpc) is 3.09. The molecule has 3 aromatic rings. The van der Waals surface area contributed by atoms with Crippen molar-refractivity contribution in [1.82, 2.24) is 15.1 Å². The first-order chi connectivity index (χ1) is 11.2. The number of carbonyl (C=O) groups excluding carboxylic acids is 1. The van der Waals surface area contributed by atoms with Crippen LogP contribution >= 0.6 is 0 Å². The van der Waals surface area contributed by atoms with Gasteiger partial charge >= 0.3 is 0 Å². The van der Waals surface area contributed by atoms with Crippen LogP contribution in [0.1, 0.15) is 38.9 Å². The highest BCUT2D eigenvalue weighted by Crippen LogP contribution is 2.33. The second-order valence-corrected chi connectivity index (χ2v) is 5.81. The highest BCUT2D eigenvalue weighted by atomic mass is 16.2. The zero-order chi connectivity index (χ0) is 15.8. The Balaban J connectivity index is 1.76. The Morgan fingerprint density at radius 1 is 1.04 bits per heavy atom. The quantitative estimate of drug-likeness (QED) is 0.808. The van der Waals surface area contributed by atoms with Crippen molar-refractivity contribution in [1.29, 1.82) is 0 Å². The molecule has 4 rings (SSSR count). The van der Waals surface area contributed by atoms with Crippen molar-refractivity contribution in [2.45, 2.75) is 19.5 Å². The molecule has 1 atom stereocenters. The minimum atomic E-state index is -0.108. The maximum Gasteiger partial charge on any atom is 0.270 e. The van der Waals surface area contributed by atoms with E-state index in [1.807, 2.05) is 72.3 Å². The van der Waals surface area contributed by atoms with E-state index in [9.17, 15) is 4.79 Å². The van der Waals surface area contributed by atoms with Gasteiger partial charge in [0.1, 0.15) is 5.69 Å². The largest absolute Gasteiger partial charge is 0.340 e. The summed E-state index contributed by atoms with van der Waals surface area (Å²) in [5.41, 5.74) is 4.80. The van der Waals surface area contributed by atoms with Crippen molar-refractivity contribution in [2.75, 3.05) is 0 Å². The van der Waals surface area contributed by atoms with Gasteiger partial charge in [-0.05, 0) is 18.1 Å². The predicted molar refractivity (Wildman–Crippen MR) is 88.3 cm³/mol. The Hall–Kier alpha value is -2.88. The van der Waals surface area contributed by atoms with E-state index < -0.39 is 0 Å². The topological polar surface area (TPSA) is 46.9 Å². The third-order valence-electron chi connectivity index (χ3n) is 4.26. The van der Waals surface area contributed by atoms with Crippen LogP contribution in [0.2, 0.25) is 0 Å². The normalized spacial score (nSPS) is 16.2. The van der Waals surface area contributed by atoms with E-state index in [4.69, 9.17) is 0 Å². The lowest BCUT2D eigenvalue weighted by Gasteiger charge is -2.11. The molecule has 1 N–H and O–H groups in total. The molecule has 0 saturated carbocycles. The molecule has 1 aliphatic heterocycles. The molecule has 2 aromatic carbocycles. The molecule has 4 nitrogen and oxygen atoms in total. The molecule has 2 heterocycles. The minimum absolute atomic E-state index is 0.0506. The smallest absolute Gasteiger partial charge is 0.270 e. The van der Waals surface area contributed by atoms with Crippen LogP contribution < -0.4 is 5.32 Å². The molecule has 23 heavy (non-hydrogen) atoms. The Bertz CT molecular complexity index is 853. The van der Waals surface area contributed by atoms with E-state index in [1.165, 1.54) is 0 Å². The summed E-state index contributed by atoms with van der Waals surface area (Å²) in [4.78, 5) is 12.5. The number of nitrogens with one attached hydrogen (secondary N) is 1. The van der Waals surface area contributed by atoms with Crippen LogP contribution in [0, 0.1) is 6.92 Å². The summed E-state index contributed by atoms with van der Waals surface area (Å²) < 4.78 is 1.82. The molecule has 0 radical (unpaired) electrons. The lowest BCUT2D eigenvalue weighted by atomic mass is 10.0. The second kappa shape index (κ2) is 5.39. The minimum Gasteiger partial charge on any atom is -0.340 e. The molecule has 1 unspecified atom stereocenters. The van der Waals surface area contributed by atoms with Gasteiger partial charge in [-0.15, -0.1) is 0 Å². The number of benzene rings is 2. The highest BCUT2D eigenvalue weighted by molar-refractivity contribution is 5.98. The van der Waals surface area contributed by atoms with Crippen molar-refractivity contribution in [2.24, 2.45) is 0 Å². The van der Waals surface area contributed by atoms with Crippen LogP contribution in [0.15, 0.2) is 60.7 Å². The fourth-order valence-electron chi connectivity index (χ4n) is 3.22. The summed E-state index contributed by atoms with van der Waals surface area (Å²) in [5.74, 6) is -0.0506. The summed E-state index contributed by atoms with van der Waals surface area (Å²) in [6.45, 7) is 2.57. The number of aromatic nitrogens is 2. The average molecular weight is 303 g/mol. The Morgan fingerprint density at radius 2 is 1.70 bits per heavy atom. The van der Waals surface area contributed by atoms with Crippen molar-refractivity contribution in [3.8, 4) is 0 Å². The van der Waals surface area contributed by atoms with Crippen LogP contribution in [0.3, 0.4) is 0 Å². The number of aryl methyl sites for hydroxylation is 1. The van der Waals surface area contributed by atoms with E-state index in [2.05, 4.69) is 10.4 Å². The number of nitrogens with zero attached hydrogens (tertiary/aromatic N) is 2. The zero-order valence-electron chi connectivity index (χ0n) is 12.9. The standard InChI is InChI=1S/C19H17N3O/c1-13-16-17(15-10-6-3-7-11-15)20-19(23)18(16)22(21-13)12-14-8-4-2-5-9-14/h2-11,17H,12H2,1H3,(H,20,23). The maximum absolute atomic E-state index is 12.5. The number of rotatable bonds is 3. The second-order valence-electron chi connectivity index (χ2n) is 5.81. The third kappa shape index (κ3) is 2.32. The van der Waals surface area contributed by atoms with Gasteiger partial charge in [0.2, 0.25) is 0 Å². The monoisotopic (exact) mass is 303 g/mol. The van der Waals surface area contributed by atoms with Gasteiger partial charge in [0.15, 0.2) is 0 Å². The van der Waals surface area contributed by atoms with E-state index in [-0.39, 0.29) is 11.9 Å². The van der Waals surface area contributed by atoms with Gasteiger partial charge in [-0.1, -0.05) is 60.7 Å². The first-order valence-electron chi connectivity index (χ1n) is 7.71. The first kappa shape index (κ1) is 13.8. The molecule has 114 valence electrons. The highest BCUT2D eigenvalue weighted by Gasteiger charge is 2.36. The molecule has 1 aromatic heterocycles. The fourth-order valence-corrected chi connectivity index (χ4v) is 3.22. The van der Waals surface area contributed by atoms with Crippen LogP contribution in [0.25, 0.3) is 0 Å². The third-order valence-corrected chi connectivity index (χ3v) is 4.26. The van der Waals surface area contributed by atoms with Crippen molar-refractivity contribution in [3.63, 3.8) is 0 Å². The summed E-state index contributed by atoms with van der Waals surface area (Å²) in [6, 6.07) is 20.0. The molecule has 1 amide bonds. The Labute approximate surface area is 134 Å². The van der Waals surface area contributed by atoms with E-state index in [1.54, 1.807) is 0 Å². The first-order valence-corrected chi connectivity index (χ1v) is 7.71. The van der Waals surface area contributed by atoms with E-state index in [0.29, 0.717) is 12.2 Å². The van der Waals surface area contributed by atoms with Gasteiger partial charge in [-0.2, -0.15) is 5.10 Å². The lowest BCUT2D eigenvalue weighted by Crippen LogP contribution is -2.23. The van der Waals surface area contributed by atoms with Gasteiger partial charge in [0, 0.05) is 5.56 Å². The number of fused-ring (bicyclic) bond motifs is 1. The van der Waals surface area contributed by atoms with Crippen LogP contribution in [-0.4, -0.2) is 15.7 Å². The fraction of sp³-hybridized carbons (Fsp3) is 0.158. The number of hydrogen-bond donors (Lipinski definition) is 1. The molecular formula is C19H17N3O. The van der Waals surface area contributed by atoms with Crippen molar-refractivity contribution < 1.29 is 4.79 Å². The van der Waals surface area contributed by atoms with Gasteiger partial charge < -0.3 is 5.32 Å². The summed E-state index contributed by atoms with van der Waals surface area (Å²) in [6.07, 6.45) is 0. The van der Waals surface area contributed by atoms with Gasteiger partial charge in [-0.25, -0.2) is 0 Å². The molecule has 4 heteroatoms. The SMILES string of the molecule is Cc1nn(Cc2ccccc2)c2c1C(c1ccccc1)NC2=O. The lowest BCUT2D eigenvalue weighted by molar-refractivity contribution is 0.0950. The van der Waals surface area contributed by atoms with Crippen LogP contribution in [-0.2, 0) is 6.54 Å². The van der Waals surface area contributed by atoms with Crippen molar-refractivity contribution in [3.05, 3.63) is 88.7 Å². The maximum atomic E-state index is 12.5. The summed E-state index contributed by atoms with van der Waals surface area (Å²) >= 11 is 0. The Morgan fingerprint density at radius 3 is 2.39 bits per heavy atom. The number of carbonyl (C=O) groups is 1. The summed E-state index contributed by atoms with van der Waals surface area (Å²) in [7, 11) is 0. The van der Waals surface area contributed by atoms with Crippen molar-refractivity contribution >= 4 is 5.91 Å². The van der Waals surface area contributed by atoms with Gasteiger partial charge in [-0.3, -0.25) is 9.48 Å². The van der Waals surface area contributed by atoms with E-state index in [0.717, 1.165) is 22.4 Å². The number of hydrogen-bond acceptors (Lipinski definition) is 2. The van der Waals surface area contributed by atoms with E-state index >= 15 is 0 Å².